The lowest BCUT2D eigenvalue weighted by Gasteiger charge is -2.04. The van der Waals surface area contributed by atoms with Crippen LogP contribution in [0.2, 0.25) is 0 Å². The lowest BCUT2D eigenvalue weighted by atomic mass is 10.1. The summed E-state index contributed by atoms with van der Waals surface area (Å²) in [6.07, 6.45) is 1.21. The molecule has 1 atom stereocenters. The van der Waals surface area contributed by atoms with Crippen molar-refractivity contribution in [3.8, 4) is 0 Å². The van der Waals surface area contributed by atoms with Gasteiger partial charge in [0, 0.05) is 11.8 Å². The van der Waals surface area contributed by atoms with Crippen LogP contribution in [0, 0.1) is 6.92 Å². The van der Waals surface area contributed by atoms with E-state index in [1.54, 1.807) is 12.1 Å². The second kappa shape index (κ2) is 3.25. The van der Waals surface area contributed by atoms with E-state index in [1.807, 2.05) is 0 Å². The molecule has 3 nitrogen and oxygen atoms in total. The summed E-state index contributed by atoms with van der Waals surface area (Å²) in [4.78, 5) is 14.1. The van der Waals surface area contributed by atoms with Crippen molar-refractivity contribution in [3.05, 3.63) is 36.5 Å². The molecular weight excluding hydrogens is 142 g/mol. The van der Waals surface area contributed by atoms with E-state index in [2.05, 4.69) is 11.9 Å². The van der Waals surface area contributed by atoms with Crippen molar-refractivity contribution in [2.75, 3.05) is 0 Å². The van der Waals surface area contributed by atoms with Crippen molar-refractivity contribution in [1.82, 2.24) is 4.98 Å². The standard InChI is InChI=1S/C8H8NO2/c1-6(11)7-3-2-4-9-8(7)5-10/h2-6,11H,1H2. The highest BCUT2D eigenvalue weighted by Gasteiger charge is 2.06. The number of rotatable bonds is 2. The van der Waals surface area contributed by atoms with Crippen LogP contribution in [0.5, 0.6) is 0 Å². The summed E-state index contributed by atoms with van der Waals surface area (Å²) in [5, 5.41) is 9.03. The Morgan fingerprint density at radius 1 is 1.73 bits per heavy atom. The molecule has 3 heteroatoms. The van der Waals surface area contributed by atoms with Crippen LogP contribution in [0.25, 0.3) is 0 Å². The summed E-state index contributed by atoms with van der Waals surface area (Å²) in [5.74, 6) is 0. The smallest absolute Gasteiger partial charge is 0.168 e. The van der Waals surface area contributed by atoms with Crippen LogP contribution in [0.4, 0.5) is 0 Å². The highest BCUT2D eigenvalue weighted by molar-refractivity contribution is 5.74. The number of hydrogen-bond acceptors (Lipinski definition) is 3. The minimum absolute atomic E-state index is 0.245. The molecule has 0 aliphatic rings. The molecule has 1 unspecified atom stereocenters. The maximum absolute atomic E-state index is 10.3. The molecule has 0 aliphatic carbocycles. The van der Waals surface area contributed by atoms with Crippen LogP contribution >= 0.6 is 0 Å². The molecule has 1 aromatic heterocycles. The molecule has 1 rings (SSSR count). The molecule has 0 saturated carbocycles. The van der Waals surface area contributed by atoms with Crippen molar-refractivity contribution >= 4 is 6.29 Å². The normalized spacial score (nSPS) is 12.5. The lowest BCUT2D eigenvalue weighted by Crippen LogP contribution is -1.99. The molecule has 1 aromatic rings. The van der Waals surface area contributed by atoms with Crippen LogP contribution in [0.1, 0.15) is 22.2 Å². The number of hydrogen-bond donors (Lipinski definition) is 1. The molecule has 0 saturated heterocycles. The van der Waals surface area contributed by atoms with E-state index in [0.717, 1.165) is 0 Å². The number of aldehydes is 1. The molecule has 0 spiro atoms. The Hall–Kier alpha value is -1.22. The second-order valence-electron chi connectivity index (χ2n) is 2.11. The van der Waals surface area contributed by atoms with E-state index in [0.29, 0.717) is 11.8 Å². The topological polar surface area (TPSA) is 50.2 Å². The number of carbonyl (C=O) groups is 1. The Morgan fingerprint density at radius 3 is 2.91 bits per heavy atom. The number of nitrogens with zero attached hydrogens (tertiary/aromatic N) is 1. The SMILES string of the molecule is [CH2]C(O)c1cccnc1C=O. The summed E-state index contributed by atoms with van der Waals surface area (Å²) < 4.78 is 0. The van der Waals surface area contributed by atoms with Gasteiger partial charge >= 0.3 is 0 Å². The second-order valence-corrected chi connectivity index (χ2v) is 2.11. The fourth-order valence-electron chi connectivity index (χ4n) is 0.810. The number of pyridine rings is 1. The van der Waals surface area contributed by atoms with Gasteiger partial charge in [-0.05, 0) is 13.0 Å². The van der Waals surface area contributed by atoms with Crippen molar-refractivity contribution in [1.29, 1.82) is 0 Å². The van der Waals surface area contributed by atoms with Crippen LogP contribution < -0.4 is 0 Å². The zero-order valence-electron chi connectivity index (χ0n) is 5.90. The maximum Gasteiger partial charge on any atom is 0.168 e. The van der Waals surface area contributed by atoms with Gasteiger partial charge in [0.2, 0.25) is 0 Å². The first-order valence-corrected chi connectivity index (χ1v) is 3.17. The third-order valence-electron chi connectivity index (χ3n) is 1.34. The zero-order chi connectivity index (χ0) is 8.27. The third-order valence-corrected chi connectivity index (χ3v) is 1.34. The highest BCUT2D eigenvalue weighted by Crippen LogP contribution is 2.12. The van der Waals surface area contributed by atoms with E-state index < -0.39 is 6.10 Å². The Kier molecular flexibility index (Phi) is 2.33. The van der Waals surface area contributed by atoms with E-state index in [1.165, 1.54) is 6.20 Å². The Bertz CT molecular complexity index is 258. The molecule has 1 N–H and O–H groups in total. The van der Waals surface area contributed by atoms with Gasteiger partial charge in [-0.15, -0.1) is 0 Å². The van der Waals surface area contributed by atoms with Gasteiger partial charge in [-0.2, -0.15) is 0 Å². The largest absolute Gasteiger partial charge is 0.388 e. The quantitative estimate of drug-likeness (QED) is 0.633. The van der Waals surface area contributed by atoms with Gasteiger partial charge in [-0.25, -0.2) is 0 Å². The molecule has 57 valence electrons. The summed E-state index contributed by atoms with van der Waals surface area (Å²) in [6, 6.07) is 3.27. The van der Waals surface area contributed by atoms with Crippen LogP contribution in [-0.2, 0) is 0 Å². The van der Waals surface area contributed by atoms with Gasteiger partial charge in [-0.1, -0.05) is 6.07 Å². The minimum Gasteiger partial charge on any atom is -0.388 e. The van der Waals surface area contributed by atoms with Gasteiger partial charge in [0.1, 0.15) is 5.69 Å². The molecule has 1 heterocycles. The monoisotopic (exact) mass is 150 g/mol. The fourth-order valence-corrected chi connectivity index (χ4v) is 0.810. The van der Waals surface area contributed by atoms with Gasteiger partial charge in [-0.3, -0.25) is 9.78 Å². The van der Waals surface area contributed by atoms with Gasteiger partial charge in [0.05, 0.1) is 6.10 Å². The maximum atomic E-state index is 10.3. The number of aromatic nitrogens is 1. The molecule has 0 aromatic carbocycles. The minimum atomic E-state index is -0.885. The van der Waals surface area contributed by atoms with Crippen LogP contribution in [0.15, 0.2) is 18.3 Å². The molecule has 0 bridgehead atoms. The summed E-state index contributed by atoms with van der Waals surface area (Å²) in [6.45, 7) is 3.37. The number of carbonyl (C=O) groups excluding carboxylic acids is 1. The van der Waals surface area contributed by atoms with E-state index in [-0.39, 0.29) is 5.69 Å². The summed E-state index contributed by atoms with van der Waals surface area (Å²) in [5.41, 5.74) is 0.706. The van der Waals surface area contributed by atoms with Crippen molar-refractivity contribution in [2.24, 2.45) is 0 Å². The fraction of sp³-hybridized carbons (Fsp3) is 0.125. The Balaban J connectivity index is 3.12. The molecule has 11 heavy (non-hydrogen) atoms. The van der Waals surface area contributed by atoms with Crippen molar-refractivity contribution in [2.45, 2.75) is 6.10 Å². The predicted octanol–water partition coefficient (Wildman–Crippen LogP) is 0.762. The van der Waals surface area contributed by atoms with Crippen molar-refractivity contribution in [3.63, 3.8) is 0 Å². The first-order chi connectivity index (χ1) is 5.25. The highest BCUT2D eigenvalue weighted by atomic mass is 16.3. The summed E-state index contributed by atoms with van der Waals surface area (Å²) >= 11 is 0. The first-order valence-electron chi connectivity index (χ1n) is 3.17. The van der Waals surface area contributed by atoms with Crippen LogP contribution in [-0.4, -0.2) is 16.4 Å². The molecular formula is C8H8NO2. The number of aliphatic hydroxyl groups is 1. The molecule has 0 aliphatic heterocycles. The zero-order valence-corrected chi connectivity index (χ0v) is 5.90. The average molecular weight is 150 g/mol. The lowest BCUT2D eigenvalue weighted by molar-refractivity contribution is 0.111. The van der Waals surface area contributed by atoms with Crippen LogP contribution in [0.3, 0.4) is 0 Å². The predicted molar refractivity (Wildman–Crippen MR) is 39.9 cm³/mol. The van der Waals surface area contributed by atoms with Gasteiger partial charge in [0.25, 0.3) is 0 Å². The van der Waals surface area contributed by atoms with Crippen molar-refractivity contribution < 1.29 is 9.90 Å². The Morgan fingerprint density at radius 2 is 2.45 bits per heavy atom. The van der Waals surface area contributed by atoms with E-state index in [9.17, 15) is 4.79 Å². The Labute approximate surface area is 64.7 Å². The van der Waals surface area contributed by atoms with E-state index in [4.69, 9.17) is 5.11 Å². The summed E-state index contributed by atoms with van der Waals surface area (Å²) in [7, 11) is 0. The molecule has 1 radical (unpaired) electrons. The molecule has 0 fully saturated rings. The van der Waals surface area contributed by atoms with Gasteiger partial charge < -0.3 is 5.11 Å². The number of aliphatic hydroxyl groups excluding tert-OH is 1. The van der Waals surface area contributed by atoms with E-state index >= 15 is 0 Å². The molecule has 0 amide bonds. The first kappa shape index (κ1) is 7.88. The third kappa shape index (κ3) is 1.62. The van der Waals surface area contributed by atoms with Gasteiger partial charge in [0.15, 0.2) is 6.29 Å². The average Bonchev–Trinajstić information content (AvgIpc) is 2.04.